The van der Waals surface area contributed by atoms with Gasteiger partial charge < -0.3 is 10.6 Å². The van der Waals surface area contributed by atoms with Crippen molar-refractivity contribution in [2.24, 2.45) is 0 Å². The summed E-state index contributed by atoms with van der Waals surface area (Å²) in [5, 5.41) is 6.86. The second kappa shape index (κ2) is 8.44. The highest BCUT2D eigenvalue weighted by atomic mass is 35.5. The number of halogens is 1. The molecule has 0 spiro atoms. The molecule has 2 aromatic rings. The van der Waals surface area contributed by atoms with E-state index in [4.69, 9.17) is 11.6 Å². The van der Waals surface area contributed by atoms with E-state index in [1.165, 1.54) is 5.56 Å². The van der Waals surface area contributed by atoms with Gasteiger partial charge in [-0.3, -0.25) is 4.79 Å². The maximum Gasteiger partial charge on any atom is 0.222 e. The number of benzene rings is 2. The van der Waals surface area contributed by atoms with Gasteiger partial charge in [0, 0.05) is 30.2 Å². The Labute approximate surface area is 136 Å². The van der Waals surface area contributed by atoms with E-state index in [9.17, 15) is 4.79 Å². The first-order valence-corrected chi connectivity index (χ1v) is 7.89. The molecule has 4 heteroatoms. The first-order valence-electron chi connectivity index (χ1n) is 7.51. The van der Waals surface area contributed by atoms with Gasteiger partial charge in [-0.25, -0.2) is 0 Å². The molecule has 1 amide bonds. The maximum absolute atomic E-state index is 11.8. The summed E-state index contributed by atoms with van der Waals surface area (Å²) in [6.07, 6.45) is 1.48. The van der Waals surface area contributed by atoms with E-state index >= 15 is 0 Å². The van der Waals surface area contributed by atoms with Crippen LogP contribution in [-0.4, -0.2) is 12.5 Å². The highest BCUT2D eigenvalue weighted by molar-refractivity contribution is 6.30. The van der Waals surface area contributed by atoms with Gasteiger partial charge in [-0.2, -0.15) is 0 Å². The largest absolute Gasteiger partial charge is 0.385 e. The first kappa shape index (κ1) is 16.4. The van der Waals surface area contributed by atoms with Crippen LogP contribution in [0.4, 0.5) is 5.69 Å². The number of hydrogen-bond donors (Lipinski definition) is 2. The molecule has 0 aromatic heterocycles. The van der Waals surface area contributed by atoms with Crippen molar-refractivity contribution in [3.05, 3.63) is 64.7 Å². The molecule has 0 heterocycles. The number of hydrogen-bond acceptors (Lipinski definition) is 2. The van der Waals surface area contributed by atoms with E-state index in [0.717, 1.165) is 17.7 Å². The highest BCUT2D eigenvalue weighted by Gasteiger charge is 2.01. The molecule has 0 aliphatic carbocycles. The normalized spacial score (nSPS) is 10.3. The third kappa shape index (κ3) is 5.41. The summed E-state index contributed by atoms with van der Waals surface area (Å²) in [5.74, 6) is 0.0348. The smallest absolute Gasteiger partial charge is 0.222 e. The molecule has 0 saturated carbocycles. The van der Waals surface area contributed by atoms with Gasteiger partial charge in [0.2, 0.25) is 5.91 Å². The molecule has 0 aliphatic heterocycles. The van der Waals surface area contributed by atoms with E-state index in [0.29, 0.717) is 24.5 Å². The highest BCUT2D eigenvalue weighted by Crippen LogP contribution is 2.10. The zero-order valence-electron chi connectivity index (χ0n) is 12.7. The fourth-order valence-corrected chi connectivity index (χ4v) is 2.20. The summed E-state index contributed by atoms with van der Waals surface area (Å²) < 4.78 is 0. The Morgan fingerprint density at radius 2 is 1.64 bits per heavy atom. The molecule has 0 aliphatic rings. The molecule has 0 radical (unpaired) electrons. The van der Waals surface area contributed by atoms with Crippen molar-refractivity contribution in [2.75, 3.05) is 11.9 Å². The summed E-state index contributed by atoms with van der Waals surface area (Å²) >= 11 is 5.82. The van der Waals surface area contributed by atoms with E-state index < -0.39 is 0 Å². The SMILES string of the molecule is CCc1ccc(NCCC(=O)NCc2ccc(Cl)cc2)cc1. The molecule has 22 heavy (non-hydrogen) atoms. The lowest BCUT2D eigenvalue weighted by atomic mass is 10.1. The summed E-state index contributed by atoms with van der Waals surface area (Å²) in [4.78, 5) is 11.8. The molecule has 2 N–H and O–H groups in total. The predicted octanol–water partition coefficient (Wildman–Crippen LogP) is 4.02. The zero-order valence-corrected chi connectivity index (χ0v) is 13.5. The van der Waals surface area contributed by atoms with Crippen LogP contribution in [0.1, 0.15) is 24.5 Å². The lowest BCUT2D eigenvalue weighted by Gasteiger charge is -2.08. The van der Waals surface area contributed by atoms with Crippen LogP contribution in [0.2, 0.25) is 5.02 Å². The molecule has 0 unspecified atom stereocenters. The van der Waals surface area contributed by atoms with Gasteiger partial charge in [-0.05, 0) is 41.8 Å². The van der Waals surface area contributed by atoms with E-state index in [1.807, 2.05) is 36.4 Å². The molecule has 0 atom stereocenters. The topological polar surface area (TPSA) is 41.1 Å². The fourth-order valence-electron chi connectivity index (χ4n) is 2.07. The van der Waals surface area contributed by atoms with Crippen molar-refractivity contribution in [2.45, 2.75) is 26.3 Å². The van der Waals surface area contributed by atoms with E-state index in [-0.39, 0.29) is 5.91 Å². The Balaban J connectivity index is 1.67. The van der Waals surface area contributed by atoms with Crippen LogP contribution in [0, 0.1) is 0 Å². The standard InChI is InChI=1S/C18H21ClN2O/c1-2-14-5-9-17(10-6-14)20-12-11-18(22)21-13-15-3-7-16(19)8-4-15/h3-10,20H,2,11-13H2,1H3,(H,21,22). The van der Waals surface area contributed by atoms with Crippen LogP contribution in [-0.2, 0) is 17.8 Å². The molecular formula is C18H21ClN2O. The fraction of sp³-hybridized carbons (Fsp3) is 0.278. The molecule has 0 fully saturated rings. The number of nitrogens with one attached hydrogen (secondary N) is 2. The van der Waals surface area contributed by atoms with Gasteiger partial charge in [-0.15, -0.1) is 0 Å². The second-order valence-corrected chi connectivity index (χ2v) is 5.57. The van der Waals surface area contributed by atoms with Crippen LogP contribution in [0.15, 0.2) is 48.5 Å². The molecule has 3 nitrogen and oxygen atoms in total. The van der Waals surface area contributed by atoms with Gasteiger partial charge in [0.1, 0.15) is 0 Å². The monoisotopic (exact) mass is 316 g/mol. The van der Waals surface area contributed by atoms with Crippen LogP contribution in [0.5, 0.6) is 0 Å². The van der Waals surface area contributed by atoms with Gasteiger partial charge >= 0.3 is 0 Å². The number of carbonyl (C=O) groups excluding carboxylic acids is 1. The first-order chi connectivity index (χ1) is 10.7. The summed E-state index contributed by atoms with van der Waals surface area (Å²) in [6.45, 7) is 3.28. The molecule has 116 valence electrons. The van der Waals surface area contributed by atoms with E-state index in [2.05, 4.69) is 29.7 Å². The van der Waals surface area contributed by atoms with Crippen LogP contribution in [0.25, 0.3) is 0 Å². The van der Waals surface area contributed by atoms with Crippen molar-refractivity contribution >= 4 is 23.2 Å². The Kier molecular flexibility index (Phi) is 6.28. The Hall–Kier alpha value is -2.00. The number of carbonyl (C=O) groups is 1. The van der Waals surface area contributed by atoms with Crippen molar-refractivity contribution in [1.29, 1.82) is 0 Å². The second-order valence-electron chi connectivity index (χ2n) is 5.13. The Morgan fingerprint density at radius 1 is 1.00 bits per heavy atom. The van der Waals surface area contributed by atoms with Gasteiger partial charge in [0.15, 0.2) is 0 Å². The molecule has 2 rings (SSSR count). The molecule has 2 aromatic carbocycles. The number of aryl methyl sites for hydroxylation is 1. The third-order valence-electron chi connectivity index (χ3n) is 3.45. The quantitative estimate of drug-likeness (QED) is 0.810. The van der Waals surface area contributed by atoms with Crippen molar-refractivity contribution in [1.82, 2.24) is 5.32 Å². The minimum absolute atomic E-state index is 0.0348. The van der Waals surface area contributed by atoms with E-state index in [1.54, 1.807) is 0 Å². The van der Waals surface area contributed by atoms with Gasteiger partial charge in [0.05, 0.1) is 0 Å². The van der Waals surface area contributed by atoms with Crippen molar-refractivity contribution in [3.8, 4) is 0 Å². The third-order valence-corrected chi connectivity index (χ3v) is 3.70. The molecule has 0 saturated heterocycles. The van der Waals surface area contributed by atoms with Gasteiger partial charge in [0.25, 0.3) is 0 Å². The summed E-state index contributed by atoms with van der Waals surface area (Å²) in [7, 11) is 0. The average molecular weight is 317 g/mol. The van der Waals surface area contributed by atoms with Crippen LogP contribution < -0.4 is 10.6 Å². The summed E-state index contributed by atoms with van der Waals surface area (Å²) in [6, 6.07) is 15.8. The minimum atomic E-state index is 0.0348. The lowest BCUT2D eigenvalue weighted by Crippen LogP contribution is -2.24. The zero-order chi connectivity index (χ0) is 15.8. The number of anilines is 1. The summed E-state index contributed by atoms with van der Waals surface area (Å²) in [5.41, 5.74) is 3.40. The maximum atomic E-state index is 11.8. The lowest BCUT2D eigenvalue weighted by molar-refractivity contribution is -0.121. The Morgan fingerprint density at radius 3 is 2.27 bits per heavy atom. The van der Waals surface area contributed by atoms with Crippen molar-refractivity contribution < 1.29 is 4.79 Å². The average Bonchev–Trinajstić information content (AvgIpc) is 2.55. The van der Waals surface area contributed by atoms with Crippen molar-refractivity contribution in [3.63, 3.8) is 0 Å². The molecular weight excluding hydrogens is 296 g/mol. The predicted molar refractivity (Wildman–Crippen MR) is 92.2 cm³/mol. The molecule has 0 bridgehead atoms. The Bertz CT molecular complexity index is 593. The number of amides is 1. The minimum Gasteiger partial charge on any atom is -0.385 e. The van der Waals surface area contributed by atoms with Crippen LogP contribution in [0.3, 0.4) is 0 Å². The van der Waals surface area contributed by atoms with Gasteiger partial charge in [-0.1, -0.05) is 42.8 Å². The number of rotatable bonds is 7. The van der Waals surface area contributed by atoms with Crippen LogP contribution >= 0.6 is 11.6 Å².